The van der Waals surface area contributed by atoms with Gasteiger partial charge >= 0.3 is 0 Å². The van der Waals surface area contributed by atoms with E-state index in [0.29, 0.717) is 12.3 Å². The van der Waals surface area contributed by atoms with Crippen molar-refractivity contribution < 1.29 is 9.53 Å². The van der Waals surface area contributed by atoms with E-state index in [2.05, 4.69) is 52.2 Å². The molecule has 0 bridgehead atoms. The number of nitrogens with zero attached hydrogens (tertiary/aromatic N) is 1. The van der Waals surface area contributed by atoms with Gasteiger partial charge in [0.1, 0.15) is 24.0 Å². The lowest BCUT2D eigenvalue weighted by molar-refractivity contribution is -0.112. The Kier molecular flexibility index (Phi) is 7.06. The molecule has 4 rings (SSSR count). The number of carbonyl (C=O) groups is 1. The van der Waals surface area contributed by atoms with Gasteiger partial charge in [0.15, 0.2) is 0 Å². The molecule has 4 aromatic rings. The smallest absolute Gasteiger partial charge is 0.266 e. The number of amides is 1. The van der Waals surface area contributed by atoms with Crippen LogP contribution in [0.1, 0.15) is 16.7 Å². The molecule has 0 aliphatic rings. The number of nitrogens with one attached hydrogen (secondary N) is 1. The summed E-state index contributed by atoms with van der Waals surface area (Å²) >= 11 is 2.21. The summed E-state index contributed by atoms with van der Waals surface area (Å²) in [7, 11) is 0. The molecule has 0 saturated carbocycles. The maximum absolute atomic E-state index is 12.5. The number of fused-ring (bicyclic) bond motifs is 1. The molecule has 0 aliphatic heterocycles. The Morgan fingerprint density at radius 1 is 1.03 bits per heavy atom. The Balaban J connectivity index is 1.48. The summed E-state index contributed by atoms with van der Waals surface area (Å²) in [6, 6.07) is 29.5. The number of benzene rings is 4. The van der Waals surface area contributed by atoms with Crippen molar-refractivity contribution in [3.8, 4) is 11.8 Å². The van der Waals surface area contributed by atoms with Gasteiger partial charge in [0.2, 0.25) is 0 Å². The highest BCUT2D eigenvalue weighted by atomic mass is 127. The van der Waals surface area contributed by atoms with Gasteiger partial charge in [-0.15, -0.1) is 0 Å². The maximum atomic E-state index is 12.5. The molecule has 0 spiro atoms. The van der Waals surface area contributed by atoms with Crippen molar-refractivity contribution in [3.05, 3.63) is 111 Å². The minimum Gasteiger partial charge on any atom is -0.488 e. The Labute approximate surface area is 206 Å². The van der Waals surface area contributed by atoms with Gasteiger partial charge in [-0.2, -0.15) is 5.26 Å². The lowest BCUT2D eigenvalue weighted by Crippen LogP contribution is -2.13. The topological polar surface area (TPSA) is 62.1 Å². The number of halogens is 1. The second kappa shape index (κ2) is 10.3. The highest BCUT2D eigenvalue weighted by Crippen LogP contribution is 2.26. The van der Waals surface area contributed by atoms with Crippen LogP contribution < -0.4 is 10.1 Å². The van der Waals surface area contributed by atoms with Crippen LogP contribution >= 0.6 is 22.6 Å². The molecule has 0 radical (unpaired) electrons. The first-order valence-corrected chi connectivity index (χ1v) is 11.5. The van der Waals surface area contributed by atoms with E-state index in [1.54, 1.807) is 6.08 Å². The van der Waals surface area contributed by atoms with Crippen LogP contribution in [-0.4, -0.2) is 5.91 Å². The summed E-state index contributed by atoms with van der Waals surface area (Å²) < 4.78 is 6.98. The first-order valence-electron chi connectivity index (χ1n) is 10.4. The molecule has 162 valence electrons. The highest BCUT2D eigenvalue weighted by Gasteiger charge is 2.11. The molecule has 0 aliphatic carbocycles. The van der Waals surface area contributed by atoms with Gasteiger partial charge in [0.25, 0.3) is 5.91 Å². The van der Waals surface area contributed by atoms with Crippen molar-refractivity contribution in [1.82, 2.24) is 0 Å². The average molecular weight is 544 g/mol. The summed E-state index contributed by atoms with van der Waals surface area (Å²) in [5.74, 6) is 0.316. The van der Waals surface area contributed by atoms with Gasteiger partial charge in [-0.05, 0) is 81.8 Å². The summed E-state index contributed by atoms with van der Waals surface area (Å²) in [5.41, 5.74) is 3.66. The Hall–Kier alpha value is -3.63. The summed E-state index contributed by atoms with van der Waals surface area (Å²) in [5, 5.41) is 14.6. The number of hydrogen-bond donors (Lipinski definition) is 1. The Morgan fingerprint density at radius 3 is 2.55 bits per heavy atom. The normalized spacial score (nSPS) is 11.1. The van der Waals surface area contributed by atoms with Crippen LogP contribution in [0.3, 0.4) is 0 Å². The van der Waals surface area contributed by atoms with Gasteiger partial charge in [-0.3, -0.25) is 4.79 Å². The van der Waals surface area contributed by atoms with Crippen LogP contribution in [-0.2, 0) is 11.4 Å². The number of nitriles is 1. The molecule has 4 aromatic carbocycles. The molecule has 4 nitrogen and oxygen atoms in total. The molecule has 0 heterocycles. The molecule has 33 heavy (non-hydrogen) atoms. The van der Waals surface area contributed by atoms with Crippen LogP contribution in [0.2, 0.25) is 0 Å². The SMILES string of the molecule is Cc1ccc(NC(=O)/C(C#N)=C/c2ccc(OCc3cccc4ccccc34)c(I)c2)cc1. The first-order chi connectivity index (χ1) is 16.0. The van der Waals surface area contributed by atoms with E-state index in [1.807, 2.05) is 73.7 Å². The van der Waals surface area contributed by atoms with Crippen molar-refractivity contribution in [2.75, 3.05) is 5.32 Å². The second-order valence-electron chi connectivity index (χ2n) is 7.61. The van der Waals surface area contributed by atoms with E-state index >= 15 is 0 Å². The van der Waals surface area contributed by atoms with Crippen LogP contribution in [0.25, 0.3) is 16.8 Å². The van der Waals surface area contributed by atoms with Gasteiger partial charge in [0, 0.05) is 5.69 Å². The second-order valence-corrected chi connectivity index (χ2v) is 8.77. The zero-order valence-electron chi connectivity index (χ0n) is 18.0. The van der Waals surface area contributed by atoms with Crippen LogP contribution in [0.5, 0.6) is 5.75 Å². The molecule has 0 unspecified atom stereocenters. The van der Waals surface area contributed by atoms with Gasteiger partial charge in [0.05, 0.1) is 3.57 Å². The predicted octanol–water partition coefficient (Wildman–Crippen LogP) is 6.88. The number of ether oxygens (including phenoxy) is 1. The van der Waals surface area contributed by atoms with E-state index in [1.165, 1.54) is 10.8 Å². The third-order valence-corrected chi connectivity index (χ3v) is 6.05. The largest absolute Gasteiger partial charge is 0.488 e. The van der Waals surface area contributed by atoms with Gasteiger partial charge in [-0.1, -0.05) is 66.2 Å². The number of aryl methyl sites for hydroxylation is 1. The summed E-state index contributed by atoms with van der Waals surface area (Å²) in [6.45, 7) is 2.43. The fraction of sp³-hybridized carbons (Fsp3) is 0.0714. The maximum Gasteiger partial charge on any atom is 0.266 e. The van der Waals surface area contributed by atoms with Crippen molar-refractivity contribution >= 4 is 51.0 Å². The minimum atomic E-state index is -0.437. The minimum absolute atomic E-state index is 0.0378. The molecule has 1 amide bonds. The lowest BCUT2D eigenvalue weighted by atomic mass is 10.1. The summed E-state index contributed by atoms with van der Waals surface area (Å²) in [4.78, 5) is 12.5. The average Bonchev–Trinajstić information content (AvgIpc) is 2.83. The molecule has 1 N–H and O–H groups in total. The Bertz CT molecular complexity index is 1380. The van der Waals surface area contributed by atoms with Crippen LogP contribution in [0.4, 0.5) is 5.69 Å². The molecule has 0 saturated heterocycles. The van der Waals surface area contributed by atoms with E-state index < -0.39 is 5.91 Å². The third-order valence-electron chi connectivity index (χ3n) is 5.20. The fourth-order valence-corrected chi connectivity index (χ4v) is 4.14. The predicted molar refractivity (Wildman–Crippen MR) is 141 cm³/mol. The highest BCUT2D eigenvalue weighted by molar-refractivity contribution is 14.1. The van der Waals surface area contributed by atoms with E-state index in [9.17, 15) is 10.1 Å². The van der Waals surface area contributed by atoms with Crippen molar-refractivity contribution in [3.63, 3.8) is 0 Å². The zero-order chi connectivity index (χ0) is 23.2. The number of anilines is 1. The summed E-state index contributed by atoms with van der Waals surface area (Å²) in [6.07, 6.45) is 1.58. The molecular weight excluding hydrogens is 523 g/mol. The molecule has 0 fully saturated rings. The quantitative estimate of drug-likeness (QED) is 0.164. The van der Waals surface area contributed by atoms with Crippen LogP contribution in [0, 0.1) is 21.8 Å². The van der Waals surface area contributed by atoms with Gasteiger partial charge < -0.3 is 10.1 Å². The third kappa shape index (κ3) is 5.60. The number of rotatable bonds is 6. The first kappa shape index (κ1) is 22.6. The van der Waals surface area contributed by atoms with Gasteiger partial charge in [-0.25, -0.2) is 0 Å². The monoisotopic (exact) mass is 544 g/mol. The lowest BCUT2D eigenvalue weighted by Gasteiger charge is -2.11. The number of hydrogen-bond acceptors (Lipinski definition) is 3. The van der Waals surface area contributed by atoms with E-state index in [-0.39, 0.29) is 5.57 Å². The van der Waals surface area contributed by atoms with Crippen molar-refractivity contribution in [2.24, 2.45) is 0 Å². The van der Waals surface area contributed by atoms with Crippen molar-refractivity contribution in [1.29, 1.82) is 5.26 Å². The molecular formula is C28H21IN2O2. The van der Waals surface area contributed by atoms with E-state index in [4.69, 9.17) is 4.74 Å². The molecule has 0 atom stereocenters. The molecule has 5 heteroatoms. The molecule has 0 aromatic heterocycles. The van der Waals surface area contributed by atoms with Crippen molar-refractivity contribution in [2.45, 2.75) is 13.5 Å². The zero-order valence-corrected chi connectivity index (χ0v) is 20.2. The number of carbonyl (C=O) groups excluding carboxylic acids is 1. The fourth-order valence-electron chi connectivity index (χ4n) is 3.45. The van der Waals surface area contributed by atoms with Crippen LogP contribution in [0.15, 0.2) is 90.5 Å². The standard InChI is InChI=1S/C28H21IN2O2/c1-19-9-12-24(13-10-19)31-28(32)23(17-30)15-20-11-14-27(26(29)16-20)33-18-22-7-4-6-21-5-2-3-8-25(21)22/h2-16H,18H2,1H3,(H,31,32)/b23-15+. The van der Waals surface area contributed by atoms with E-state index in [0.717, 1.165) is 26.0 Å². The Morgan fingerprint density at radius 2 is 1.79 bits per heavy atom.